The van der Waals surface area contributed by atoms with Crippen molar-refractivity contribution in [2.75, 3.05) is 0 Å². The van der Waals surface area contributed by atoms with E-state index in [-0.39, 0.29) is 11.5 Å². The van der Waals surface area contributed by atoms with Gasteiger partial charge in [-0.25, -0.2) is 0 Å². The van der Waals surface area contributed by atoms with E-state index in [0.717, 1.165) is 61.4 Å². The maximum atomic E-state index is 13.7. The second-order valence-corrected chi connectivity index (χ2v) is 11.6. The summed E-state index contributed by atoms with van der Waals surface area (Å²) in [5.74, 6) is 2.93. The molecule has 0 saturated heterocycles. The minimum absolute atomic E-state index is 0.0957. The topological polar surface area (TPSA) is 55.1 Å². The van der Waals surface area contributed by atoms with Crippen molar-refractivity contribution in [3.05, 3.63) is 22.5 Å². The number of allylic oxidation sites excluding steroid dienone is 1. The van der Waals surface area contributed by atoms with Crippen LogP contribution in [0.25, 0.3) is 6.08 Å². The Morgan fingerprint density at radius 2 is 1.90 bits per heavy atom. The van der Waals surface area contributed by atoms with Crippen LogP contribution in [0.3, 0.4) is 0 Å². The number of aromatic nitrogens is 2. The summed E-state index contributed by atoms with van der Waals surface area (Å²) < 4.78 is 2.05. The first kappa shape index (κ1) is 21.4. The van der Waals surface area contributed by atoms with Crippen LogP contribution in [0.5, 0.6) is 0 Å². The Balaban J connectivity index is 1.46. The fourth-order valence-electron chi connectivity index (χ4n) is 8.44. The Morgan fingerprint density at radius 1 is 1.13 bits per heavy atom. The lowest BCUT2D eigenvalue weighted by Gasteiger charge is -2.59. The molecule has 31 heavy (non-hydrogen) atoms. The first-order valence-corrected chi connectivity index (χ1v) is 12.7. The average Bonchev–Trinajstić information content (AvgIpc) is 3.16. The monoisotopic (exact) mass is 424 g/mol. The number of hydrogen-bond acceptors (Lipinski definition) is 3. The summed E-state index contributed by atoms with van der Waals surface area (Å²) in [6, 6.07) is 0. The van der Waals surface area contributed by atoms with Gasteiger partial charge >= 0.3 is 0 Å². The van der Waals surface area contributed by atoms with Crippen molar-refractivity contribution in [3.8, 4) is 0 Å². The zero-order valence-corrected chi connectivity index (χ0v) is 20.1. The molecule has 0 unspecified atom stereocenters. The van der Waals surface area contributed by atoms with Gasteiger partial charge in [-0.2, -0.15) is 5.10 Å². The molecule has 0 amide bonds. The van der Waals surface area contributed by atoms with Crippen molar-refractivity contribution in [3.63, 3.8) is 0 Å². The molecule has 0 aliphatic heterocycles. The minimum atomic E-state index is -0.188. The first-order chi connectivity index (χ1) is 14.7. The van der Waals surface area contributed by atoms with Crippen LogP contribution in [0.15, 0.2) is 5.57 Å². The van der Waals surface area contributed by atoms with Gasteiger partial charge in [0.25, 0.3) is 0 Å². The number of aliphatic hydroxyl groups is 1. The largest absolute Gasteiger partial charge is 0.393 e. The number of ketones is 1. The van der Waals surface area contributed by atoms with E-state index in [4.69, 9.17) is 0 Å². The number of aliphatic hydroxyl groups excluding tert-OH is 1. The number of carbonyl (C=O) groups excluding carboxylic acids is 1. The zero-order valence-electron chi connectivity index (χ0n) is 20.1. The van der Waals surface area contributed by atoms with E-state index in [1.165, 1.54) is 25.0 Å². The SMILES string of the molecule is CCn1nc(C)c(/C=C2\C[C@H]3[C@@H]4CC[C@@H]5C[C@H](O)CC[C@]5(C)[C@H]4CC[C@]3(C)C2=O)c1C. The predicted octanol–water partition coefficient (Wildman–Crippen LogP) is 5.49. The Hall–Kier alpha value is -1.42. The fourth-order valence-corrected chi connectivity index (χ4v) is 8.44. The molecule has 1 heterocycles. The lowest BCUT2D eigenvalue weighted by Crippen LogP contribution is -2.54. The molecule has 0 bridgehead atoms. The Morgan fingerprint density at radius 3 is 2.61 bits per heavy atom. The standard InChI is InChI=1S/C27H40N2O2/c1-6-29-17(3)22(16(2)28-29)13-18-14-24-21-8-7-19-15-20(30)9-11-26(19,4)23(21)10-12-27(24,5)25(18)31/h13,19-21,23-24,30H,6-12,14-15H2,1-5H3/b18-13+/t19-,20-,21-,23+,24+,26+,27+/m1/s1. The molecule has 4 aliphatic carbocycles. The first-order valence-electron chi connectivity index (χ1n) is 12.7. The lowest BCUT2D eigenvalue weighted by atomic mass is 9.45. The van der Waals surface area contributed by atoms with Crippen LogP contribution >= 0.6 is 0 Å². The number of Topliss-reactive ketones (excluding diaryl/α,β-unsaturated/α-hetero) is 1. The number of hydrogen-bond donors (Lipinski definition) is 1. The summed E-state index contributed by atoms with van der Waals surface area (Å²) in [5.41, 5.74) is 4.57. The van der Waals surface area contributed by atoms with Gasteiger partial charge in [0.2, 0.25) is 0 Å². The zero-order chi connectivity index (χ0) is 22.1. The van der Waals surface area contributed by atoms with E-state index >= 15 is 0 Å². The molecule has 1 aromatic heterocycles. The summed E-state index contributed by atoms with van der Waals surface area (Å²) in [6.45, 7) is 12.0. The van der Waals surface area contributed by atoms with Gasteiger partial charge in [0.15, 0.2) is 5.78 Å². The molecule has 1 aromatic rings. The highest BCUT2D eigenvalue weighted by atomic mass is 16.3. The van der Waals surface area contributed by atoms with Crippen molar-refractivity contribution in [2.45, 2.75) is 98.6 Å². The van der Waals surface area contributed by atoms with E-state index in [0.29, 0.717) is 29.0 Å². The molecule has 7 atom stereocenters. The summed E-state index contributed by atoms with van der Waals surface area (Å²) in [5, 5.41) is 14.9. The van der Waals surface area contributed by atoms with Gasteiger partial charge < -0.3 is 5.11 Å². The van der Waals surface area contributed by atoms with E-state index in [2.05, 4.69) is 45.8 Å². The second-order valence-electron chi connectivity index (χ2n) is 11.6. The van der Waals surface area contributed by atoms with Crippen LogP contribution in [0.4, 0.5) is 0 Å². The van der Waals surface area contributed by atoms with Crippen LogP contribution in [-0.2, 0) is 11.3 Å². The molecule has 1 N–H and O–H groups in total. The highest BCUT2D eigenvalue weighted by molar-refractivity contribution is 6.06. The molecule has 170 valence electrons. The summed E-state index contributed by atoms with van der Waals surface area (Å²) in [7, 11) is 0. The number of aryl methyl sites for hydroxylation is 2. The second kappa shape index (κ2) is 7.30. The van der Waals surface area contributed by atoms with Crippen molar-refractivity contribution in [1.29, 1.82) is 0 Å². The normalized spacial score (nSPS) is 43.6. The van der Waals surface area contributed by atoms with Gasteiger partial charge in [-0.3, -0.25) is 9.48 Å². The van der Waals surface area contributed by atoms with Gasteiger partial charge in [-0.15, -0.1) is 0 Å². The molecular formula is C27H40N2O2. The van der Waals surface area contributed by atoms with Gasteiger partial charge in [-0.05, 0) is 113 Å². The van der Waals surface area contributed by atoms with E-state index < -0.39 is 0 Å². The van der Waals surface area contributed by atoms with Crippen LogP contribution < -0.4 is 0 Å². The molecule has 4 fully saturated rings. The number of rotatable bonds is 2. The molecule has 4 nitrogen and oxygen atoms in total. The molecule has 4 saturated carbocycles. The van der Waals surface area contributed by atoms with Crippen LogP contribution in [0.2, 0.25) is 0 Å². The van der Waals surface area contributed by atoms with Crippen molar-refractivity contribution >= 4 is 11.9 Å². The molecule has 0 aromatic carbocycles. The fraction of sp³-hybridized carbons (Fsp3) is 0.778. The summed E-state index contributed by atoms with van der Waals surface area (Å²) in [6.07, 6.45) is 10.8. The third-order valence-corrected chi connectivity index (χ3v) is 10.3. The Bertz CT molecular complexity index is 930. The predicted molar refractivity (Wildman–Crippen MR) is 123 cm³/mol. The molecule has 4 heteroatoms. The third kappa shape index (κ3) is 3.03. The smallest absolute Gasteiger partial charge is 0.165 e. The van der Waals surface area contributed by atoms with Crippen LogP contribution in [0.1, 0.15) is 89.1 Å². The maximum absolute atomic E-state index is 13.7. The lowest BCUT2D eigenvalue weighted by molar-refractivity contribution is -0.141. The van der Waals surface area contributed by atoms with Gasteiger partial charge in [0, 0.05) is 23.2 Å². The number of nitrogens with zero attached hydrogens (tertiary/aromatic N) is 2. The van der Waals surface area contributed by atoms with Crippen molar-refractivity contribution < 1.29 is 9.90 Å². The molecule has 0 spiro atoms. The molecule has 4 aliphatic rings. The summed E-state index contributed by atoms with van der Waals surface area (Å²) in [4.78, 5) is 13.7. The highest BCUT2D eigenvalue weighted by Crippen LogP contribution is 2.66. The summed E-state index contributed by atoms with van der Waals surface area (Å²) >= 11 is 0. The molecule has 5 rings (SSSR count). The van der Waals surface area contributed by atoms with Crippen molar-refractivity contribution in [2.24, 2.45) is 34.5 Å². The Kier molecular flexibility index (Phi) is 5.04. The van der Waals surface area contributed by atoms with Crippen LogP contribution in [-0.4, -0.2) is 26.8 Å². The number of fused-ring (bicyclic) bond motifs is 5. The van der Waals surface area contributed by atoms with Gasteiger partial charge in [0.1, 0.15) is 0 Å². The van der Waals surface area contributed by atoms with Crippen molar-refractivity contribution in [1.82, 2.24) is 9.78 Å². The van der Waals surface area contributed by atoms with Crippen LogP contribution in [0, 0.1) is 48.3 Å². The average molecular weight is 425 g/mol. The Labute approximate surface area is 187 Å². The van der Waals surface area contributed by atoms with E-state index in [1.54, 1.807) is 0 Å². The quantitative estimate of drug-likeness (QED) is 0.639. The highest BCUT2D eigenvalue weighted by Gasteiger charge is 2.61. The van der Waals surface area contributed by atoms with Gasteiger partial charge in [-0.1, -0.05) is 13.8 Å². The minimum Gasteiger partial charge on any atom is -0.393 e. The molecule has 0 radical (unpaired) electrons. The van der Waals surface area contributed by atoms with Gasteiger partial charge in [0.05, 0.1) is 11.8 Å². The maximum Gasteiger partial charge on any atom is 0.165 e. The van der Waals surface area contributed by atoms with E-state index in [9.17, 15) is 9.90 Å². The third-order valence-electron chi connectivity index (χ3n) is 10.3. The van der Waals surface area contributed by atoms with E-state index in [1.807, 2.05) is 4.68 Å². The molecular weight excluding hydrogens is 384 g/mol. The number of carbonyl (C=O) groups is 1.